The maximum atomic E-state index is 12.8. The minimum Gasteiger partial charge on any atom is -0.394 e. The highest BCUT2D eigenvalue weighted by Gasteiger charge is 2.20. The molecule has 0 aromatic heterocycles. The molecule has 0 aliphatic rings. The van der Waals surface area contributed by atoms with Gasteiger partial charge in [-0.25, -0.2) is 0 Å². The molecule has 0 aliphatic heterocycles. The summed E-state index contributed by atoms with van der Waals surface area (Å²) in [6.45, 7) is 7.28. The van der Waals surface area contributed by atoms with Crippen molar-refractivity contribution in [2.45, 2.75) is 40.2 Å². The van der Waals surface area contributed by atoms with E-state index in [1.807, 2.05) is 39.0 Å². The lowest BCUT2D eigenvalue weighted by molar-refractivity contribution is 0.0929. The minimum absolute atomic E-state index is 0.00143. The van der Waals surface area contributed by atoms with Crippen LogP contribution in [0.5, 0.6) is 0 Å². The second-order valence-corrected chi connectivity index (χ2v) is 6.35. The highest BCUT2D eigenvalue weighted by atomic mass is 16.3. The highest BCUT2D eigenvalue weighted by Crippen LogP contribution is 2.32. The normalized spacial score (nSPS) is 13.5. The molecule has 0 amide bonds. The Hall–Kier alpha value is -2.20. The number of aliphatic hydroxyl groups excluding tert-OH is 1. The predicted octanol–water partition coefficient (Wildman–Crippen LogP) is 4.06. The molecule has 2 rings (SSSR count). The third-order valence-electron chi connectivity index (χ3n) is 4.42. The Morgan fingerprint density at radius 3 is 2.42 bits per heavy atom. The van der Waals surface area contributed by atoms with Gasteiger partial charge in [-0.1, -0.05) is 32.0 Å². The van der Waals surface area contributed by atoms with E-state index >= 15 is 0 Å². The first-order chi connectivity index (χ1) is 11.4. The van der Waals surface area contributed by atoms with Gasteiger partial charge in [0.2, 0.25) is 0 Å². The molecule has 4 heteroatoms. The van der Waals surface area contributed by atoms with Crippen LogP contribution >= 0.6 is 0 Å². The van der Waals surface area contributed by atoms with Gasteiger partial charge in [0.15, 0.2) is 11.6 Å². The number of anilines is 1. The van der Waals surface area contributed by atoms with Crippen LogP contribution in [0.2, 0.25) is 0 Å². The van der Waals surface area contributed by atoms with Crippen molar-refractivity contribution in [2.24, 2.45) is 5.92 Å². The van der Waals surface area contributed by atoms with Crippen molar-refractivity contribution in [3.63, 3.8) is 0 Å². The number of hydrogen-bond donors (Lipinski definition) is 2. The van der Waals surface area contributed by atoms with Crippen LogP contribution in [-0.2, 0) is 0 Å². The van der Waals surface area contributed by atoms with Crippen LogP contribution in [-0.4, -0.2) is 29.3 Å². The Kier molecular flexibility index (Phi) is 5.73. The summed E-state index contributed by atoms with van der Waals surface area (Å²) in [5.74, 6) is -0.104. The predicted molar refractivity (Wildman–Crippen MR) is 97.9 cm³/mol. The summed E-state index contributed by atoms with van der Waals surface area (Å²) in [6.07, 6.45) is 0.754. The third-order valence-corrected chi connectivity index (χ3v) is 4.42. The van der Waals surface area contributed by atoms with Crippen molar-refractivity contribution in [3.05, 3.63) is 41.5 Å². The lowest BCUT2D eigenvalue weighted by Gasteiger charge is -2.18. The summed E-state index contributed by atoms with van der Waals surface area (Å²) < 4.78 is 0. The number of fused-ring (bicyclic) bond motifs is 1. The Morgan fingerprint density at radius 2 is 1.83 bits per heavy atom. The summed E-state index contributed by atoms with van der Waals surface area (Å²) in [7, 11) is 0. The fraction of sp³-hybridized carbons (Fsp3) is 0.400. The SMILES string of the molecule is CCC(C)C(=O)c1cccc2c(NC(C)CO)ccc(C(C)=O)c12. The molecule has 128 valence electrons. The van der Waals surface area contributed by atoms with Crippen LogP contribution in [0.4, 0.5) is 5.69 Å². The zero-order chi connectivity index (χ0) is 17.9. The van der Waals surface area contributed by atoms with Gasteiger partial charge in [0.1, 0.15) is 0 Å². The van der Waals surface area contributed by atoms with E-state index in [0.717, 1.165) is 17.5 Å². The first-order valence-electron chi connectivity index (χ1n) is 8.38. The number of aliphatic hydroxyl groups is 1. The second kappa shape index (κ2) is 7.58. The monoisotopic (exact) mass is 327 g/mol. The molecule has 0 aliphatic carbocycles. The maximum absolute atomic E-state index is 12.8. The van der Waals surface area contributed by atoms with Gasteiger partial charge in [0.05, 0.1) is 6.61 Å². The fourth-order valence-electron chi connectivity index (χ4n) is 2.79. The van der Waals surface area contributed by atoms with E-state index in [-0.39, 0.29) is 30.1 Å². The zero-order valence-electron chi connectivity index (χ0n) is 14.7. The molecule has 2 aromatic rings. The van der Waals surface area contributed by atoms with E-state index in [2.05, 4.69) is 5.32 Å². The molecule has 0 fully saturated rings. The van der Waals surface area contributed by atoms with Gasteiger partial charge < -0.3 is 10.4 Å². The van der Waals surface area contributed by atoms with E-state index < -0.39 is 0 Å². The molecule has 4 nitrogen and oxygen atoms in total. The first kappa shape index (κ1) is 18.1. The Labute approximate surface area is 142 Å². The number of ketones is 2. The second-order valence-electron chi connectivity index (χ2n) is 6.35. The molecule has 2 unspecified atom stereocenters. The van der Waals surface area contributed by atoms with E-state index in [0.29, 0.717) is 16.5 Å². The molecular weight excluding hydrogens is 302 g/mol. The molecule has 0 saturated carbocycles. The van der Waals surface area contributed by atoms with Crippen LogP contribution in [0.3, 0.4) is 0 Å². The Bertz CT molecular complexity index is 767. The first-order valence-corrected chi connectivity index (χ1v) is 8.38. The number of Topliss-reactive ketones (excluding diaryl/α,β-unsaturated/α-hetero) is 2. The molecule has 2 atom stereocenters. The van der Waals surface area contributed by atoms with Crippen molar-refractivity contribution in [3.8, 4) is 0 Å². The van der Waals surface area contributed by atoms with Gasteiger partial charge in [0.25, 0.3) is 0 Å². The van der Waals surface area contributed by atoms with Crippen LogP contribution in [0.15, 0.2) is 30.3 Å². The summed E-state index contributed by atoms with van der Waals surface area (Å²) in [6, 6.07) is 9.01. The molecule has 24 heavy (non-hydrogen) atoms. The van der Waals surface area contributed by atoms with Crippen molar-refractivity contribution in [1.29, 1.82) is 0 Å². The van der Waals surface area contributed by atoms with Crippen molar-refractivity contribution in [1.82, 2.24) is 0 Å². The van der Waals surface area contributed by atoms with Gasteiger partial charge in [-0.3, -0.25) is 9.59 Å². The molecular formula is C20H25NO3. The number of hydrogen-bond acceptors (Lipinski definition) is 4. The maximum Gasteiger partial charge on any atom is 0.166 e. The Morgan fingerprint density at radius 1 is 1.12 bits per heavy atom. The summed E-state index contributed by atoms with van der Waals surface area (Å²) >= 11 is 0. The molecule has 0 saturated heterocycles. The van der Waals surface area contributed by atoms with Crippen LogP contribution in [0, 0.1) is 5.92 Å². The van der Waals surface area contributed by atoms with Crippen molar-refractivity contribution < 1.29 is 14.7 Å². The van der Waals surface area contributed by atoms with E-state index in [9.17, 15) is 14.7 Å². The van der Waals surface area contributed by atoms with Gasteiger partial charge in [-0.05, 0) is 32.4 Å². The number of benzene rings is 2. The van der Waals surface area contributed by atoms with Crippen molar-refractivity contribution >= 4 is 28.0 Å². The molecule has 0 radical (unpaired) electrons. The van der Waals surface area contributed by atoms with Crippen LogP contribution in [0.1, 0.15) is 54.8 Å². The fourth-order valence-corrected chi connectivity index (χ4v) is 2.79. The zero-order valence-corrected chi connectivity index (χ0v) is 14.7. The number of rotatable bonds is 7. The van der Waals surface area contributed by atoms with Crippen molar-refractivity contribution in [2.75, 3.05) is 11.9 Å². The Balaban J connectivity index is 2.74. The largest absolute Gasteiger partial charge is 0.394 e. The number of carbonyl (C=O) groups excluding carboxylic acids is 2. The van der Waals surface area contributed by atoms with Gasteiger partial charge in [-0.2, -0.15) is 0 Å². The molecule has 0 spiro atoms. The topological polar surface area (TPSA) is 66.4 Å². The highest BCUT2D eigenvalue weighted by molar-refractivity contribution is 6.19. The van der Waals surface area contributed by atoms with Gasteiger partial charge >= 0.3 is 0 Å². The summed E-state index contributed by atoms with van der Waals surface area (Å²) in [5.41, 5.74) is 1.96. The van der Waals surface area contributed by atoms with Gasteiger partial charge in [-0.15, -0.1) is 0 Å². The lowest BCUT2D eigenvalue weighted by Crippen LogP contribution is -2.20. The molecule has 0 bridgehead atoms. The average Bonchev–Trinajstić information content (AvgIpc) is 2.59. The molecule has 0 heterocycles. The molecule has 2 aromatic carbocycles. The van der Waals surface area contributed by atoms with Crippen LogP contribution < -0.4 is 5.32 Å². The quantitative estimate of drug-likeness (QED) is 0.753. The lowest BCUT2D eigenvalue weighted by atomic mass is 9.89. The summed E-state index contributed by atoms with van der Waals surface area (Å²) in [4.78, 5) is 24.9. The average molecular weight is 327 g/mol. The number of nitrogens with one attached hydrogen (secondary N) is 1. The number of carbonyl (C=O) groups is 2. The minimum atomic E-state index is -0.120. The standard InChI is InChI=1S/C20H25NO3/c1-5-12(2)20(24)17-8-6-7-16-18(21-13(3)11-22)10-9-15(14(4)23)19(16)17/h6-10,12-13,21-22H,5,11H2,1-4H3. The van der Waals surface area contributed by atoms with Crippen LogP contribution in [0.25, 0.3) is 10.8 Å². The van der Waals surface area contributed by atoms with E-state index in [1.54, 1.807) is 12.1 Å². The van der Waals surface area contributed by atoms with E-state index in [1.165, 1.54) is 6.92 Å². The van der Waals surface area contributed by atoms with Gasteiger partial charge in [0, 0.05) is 39.5 Å². The third kappa shape index (κ3) is 3.49. The molecule has 2 N–H and O–H groups in total. The van der Waals surface area contributed by atoms with E-state index in [4.69, 9.17) is 0 Å². The smallest absolute Gasteiger partial charge is 0.166 e. The summed E-state index contributed by atoms with van der Waals surface area (Å²) in [5, 5.41) is 14.1.